The maximum absolute atomic E-state index is 14.2. The number of rotatable bonds is 7. The van der Waals surface area contributed by atoms with Gasteiger partial charge in [0.15, 0.2) is 0 Å². The Morgan fingerprint density at radius 1 is 1.41 bits per heavy atom. The molecule has 34 heavy (non-hydrogen) atoms. The molecule has 3 N–H and O–H groups in total. The van der Waals surface area contributed by atoms with Crippen molar-refractivity contribution in [1.82, 2.24) is 25.5 Å². The first-order valence-electron chi connectivity index (χ1n) is 12.1. The molecule has 0 spiro atoms. The van der Waals surface area contributed by atoms with Gasteiger partial charge < -0.3 is 20.6 Å². The van der Waals surface area contributed by atoms with E-state index in [0.29, 0.717) is 43.7 Å². The maximum Gasteiger partial charge on any atom is 0.318 e. The second-order valence-electron chi connectivity index (χ2n) is 9.48. The third-order valence-electron chi connectivity index (χ3n) is 6.70. The summed E-state index contributed by atoms with van der Waals surface area (Å²) >= 11 is 5.90. The maximum atomic E-state index is 14.2. The van der Waals surface area contributed by atoms with Gasteiger partial charge in [-0.15, -0.1) is 0 Å². The van der Waals surface area contributed by atoms with E-state index in [1.165, 1.54) is 6.07 Å². The van der Waals surface area contributed by atoms with Crippen molar-refractivity contribution in [3.8, 4) is 0 Å². The van der Waals surface area contributed by atoms with Crippen molar-refractivity contribution in [2.75, 3.05) is 19.7 Å². The Kier molecular flexibility index (Phi) is 8.34. The number of urea groups is 1. The van der Waals surface area contributed by atoms with Crippen LogP contribution in [0, 0.1) is 11.7 Å². The van der Waals surface area contributed by atoms with Crippen molar-refractivity contribution in [2.24, 2.45) is 5.92 Å². The molecule has 2 aliphatic heterocycles. The molecule has 184 valence electrons. The van der Waals surface area contributed by atoms with E-state index in [9.17, 15) is 14.3 Å². The summed E-state index contributed by atoms with van der Waals surface area (Å²) < 4.78 is 14.2. The number of nitrogens with zero attached hydrogens (tertiary/aromatic N) is 3. The predicted molar refractivity (Wildman–Crippen MR) is 129 cm³/mol. The van der Waals surface area contributed by atoms with Gasteiger partial charge in [-0.25, -0.2) is 19.2 Å². The second kappa shape index (κ2) is 11.4. The highest BCUT2D eigenvalue weighted by atomic mass is 35.5. The number of benzene rings is 1. The Labute approximate surface area is 205 Å². The fraction of sp³-hybridized carbons (Fsp3) is 0.560. The number of amides is 2. The summed E-state index contributed by atoms with van der Waals surface area (Å²) in [7, 11) is 0. The molecule has 2 aromatic rings. The molecule has 1 aromatic carbocycles. The van der Waals surface area contributed by atoms with Crippen LogP contribution in [0.4, 0.5) is 9.18 Å². The molecular weight excluding hydrogens is 457 g/mol. The highest BCUT2D eigenvalue weighted by molar-refractivity contribution is 6.30. The van der Waals surface area contributed by atoms with Crippen LogP contribution in [0.25, 0.3) is 0 Å². The molecule has 0 unspecified atom stereocenters. The zero-order valence-corrected chi connectivity index (χ0v) is 20.3. The number of nitrogens with one attached hydrogen (secondary N) is 2. The molecule has 0 radical (unpaired) electrons. The average molecular weight is 490 g/mol. The standard InChI is InChI=1S/C25H33ClFN5O2/c1-16(15-33)10-24-29-13-18-7-9-32(14-23(18)30-24)25(34)31-22(12-19-4-2-3-8-28-19)17-5-6-20(26)21(27)11-17/h5-6,11,13,16,19,22,28,33H,2-4,7-10,12,14-15H2,1H3,(H,31,34)/t16-,19-,22-/m1/s1. The zero-order chi connectivity index (χ0) is 24.1. The number of aliphatic hydroxyl groups is 1. The lowest BCUT2D eigenvalue weighted by Gasteiger charge is -2.32. The Morgan fingerprint density at radius 2 is 2.26 bits per heavy atom. The molecule has 4 rings (SSSR count). The van der Waals surface area contributed by atoms with Gasteiger partial charge in [0.05, 0.1) is 23.3 Å². The fourth-order valence-corrected chi connectivity index (χ4v) is 4.77. The number of aliphatic hydroxyl groups excluding tert-OH is 1. The summed E-state index contributed by atoms with van der Waals surface area (Å²) in [6.07, 6.45) is 7.13. The fourth-order valence-electron chi connectivity index (χ4n) is 4.65. The van der Waals surface area contributed by atoms with Crippen LogP contribution in [0.5, 0.6) is 0 Å². The first kappa shape index (κ1) is 24.8. The molecular formula is C25H33ClFN5O2. The van der Waals surface area contributed by atoms with E-state index in [-0.39, 0.29) is 35.7 Å². The second-order valence-corrected chi connectivity index (χ2v) is 9.89. The lowest BCUT2D eigenvalue weighted by molar-refractivity contribution is 0.184. The van der Waals surface area contributed by atoms with Crippen LogP contribution in [0.15, 0.2) is 24.4 Å². The molecule has 0 bridgehead atoms. The molecule has 0 aliphatic carbocycles. The van der Waals surface area contributed by atoms with E-state index in [4.69, 9.17) is 11.6 Å². The van der Waals surface area contributed by atoms with Gasteiger partial charge in [0, 0.05) is 31.8 Å². The first-order valence-corrected chi connectivity index (χ1v) is 12.5. The third-order valence-corrected chi connectivity index (χ3v) is 7.01. The number of carbonyl (C=O) groups is 1. The van der Waals surface area contributed by atoms with Gasteiger partial charge in [0.1, 0.15) is 11.6 Å². The molecule has 9 heteroatoms. The largest absolute Gasteiger partial charge is 0.396 e. The molecule has 3 heterocycles. The van der Waals surface area contributed by atoms with Gasteiger partial charge in [0.25, 0.3) is 0 Å². The topological polar surface area (TPSA) is 90.4 Å². The van der Waals surface area contributed by atoms with Crippen molar-refractivity contribution < 1.29 is 14.3 Å². The number of piperidine rings is 1. The molecule has 3 atom stereocenters. The Morgan fingerprint density at radius 3 is 3.00 bits per heavy atom. The lowest BCUT2D eigenvalue weighted by atomic mass is 9.94. The van der Waals surface area contributed by atoms with Crippen LogP contribution < -0.4 is 10.6 Å². The zero-order valence-electron chi connectivity index (χ0n) is 19.6. The Bertz CT molecular complexity index is 1000. The van der Waals surface area contributed by atoms with Gasteiger partial charge in [0.2, 0.25) is 0 Å². The summed E-state index contributed by atoms with van der Waals surface area (Å²) in [5.41, 5.74) is 2.61. The van der Waals surface area contributed by atoms with Crippen LogP contribution in [-0.2, 0) is 19.4 Å². The van der Waals surface area contributed by atoms with Gasteiger partial charge in [-0.3, -0.25) is 0 Å². The van der Waals surface area contributed by atoms with Gasteiger partial charge in [-0.05, 0) is 61.4 Å². The van der Waals surface area contributed by atoms with Crippen LogP contribution in [0.3, 0.4) is 0 Å². The number of aromatic nitrogens is 2. The molecule has 1 saturated heterocycles. The molecule has 7 nitrogen and oxygen atoms in total. The number of halogens is 2. The van der Waals surface area contributed by atoms with E-state index in [1.807, 2.05) is 13.1 Å². The monoisotopic (exact) mass is 489 g/mol. The summed E-state index contributed by atoms with van der Waals surface area (Å²) in [5, 5.41) is 16.1. The molecule has 1 fully saturated rings. The van der Waals surface area contributed by atoms with E-state index in [1.54, 1.807) is 17.0 Å². The highest BCUT2D eigenvalue weighted by Gasteiger charge is 2.27. The van der Waals surface area contributed by atoms with Crippen LogP contribution in [-0.4, -0.2) is 51.7 Å². The highest BCUT2D eigenvalue weighted by Crippen LogP contribution is 2.26. The molecule has 1 aromatic heterocycles. The molecule has 2 aliphatic rings. The minimum absolute atomic E-state index is 0.0725. The lowest BCUT2D eigenvalue weighted by Crippen LogP contribution is -2.46. The normalized spacial score (nSPS) is 19.9. The van der Waals surface area contributed by atoms with E-state index >= 15 is 0 Å². The summed E-state index contributed by atoms with van der Waals surface area (Å²) in [6.45, 7) is 3.95. The summed E-state index contributed by atoms with van der Waals surface area (Å²) in [6, 6.07) is 4.50. The minimum atomic E-state index is -0.483. The molecule has 0 saturated carbocycles. The number of fused-ring (bicyclic) bond motifs is 1. The summed E-state index contributed by atoms with van der Waals surface area (Å²) in [4.78, 5) is 24.1. The number of hydrogen-bond acceptors (Lipinski definition) is 5. The Hall–Kier alpha value is -2.29. The number of hydrogen-bond donors (Lipinski definition) is 3. The predicted octanol–water partition coefficient (Wildman–Crippen LogP) is 3.78. The van der Waals surface area contributed by atoms with Crippen molar-refractivity contribution >= 4 is 17.6 Å². The van der Waals surface area contributed by atoms with Crippen molar-refractivity contribution in [3.05, 3.63) is 57.9 Å². The third kappa shape index (κ3) is 6.23. The first-order chi connectivity index (χ1) is 16.4. The molecule has 2 amide bonds. The van der Waals surface area contributed by atoms with Crippen molar-refractivity contribution in [2.45, 2.75) is 64.1 Å². The average Bonchev–Trinajstić information content (AvgIpc) is 2.85. The van der Waals surface area contributed by atoms with Gasteiger partial charge in [-0.2, -0.15) is 0 Å². The van der Waals surface area contributed by atoms with Crippen LogP contribution >= 0.6 is 11.6 Å². The van der Waals surface area contributed by atoms with Gasteiger partial charge in [-0.1, -0.05) is 31.0 Å². The summed E-state index contributed by atoms with van der Waals surface area (Å²) in [5.74, 6) is 0.277. The quantitative estimate of drug-likeness (QED) is 0.550. The number of carbonyl (C=O) groups excluding carboxylic acids is 1. The van der Waals surface area contributed by atoms with Crippen LogP contribution in [0.1, 0.15) is 61.3 Å². The smallest absolute Gasteiger partial charge is 0.318 e. The van der Waals surface area contributed by atoms with E-state index < -0.39 is 5.82 Å². The van der Waals surface area contributed by atoms with E-state index in [0.717, 1.165) is 37.1 Å². The van der Waals surface area contributed by atoms with Crippen molar-refractivity contribution in [1.29, 1.82) is 0 Å². The van der Waals surface area contributed by atoms with Crippen LogP contribution in [0.2, 0.25) is 5.02 Å². The van der Waals surface area contributed by atoms with Crippen molar-refractivity contribution in [3.63, 3.8) is 0 Å². The minimum Gasteiger partial charge on any atom is -0.396 e. The SMILES string of the molecule is C[C@@H](CO)Cc1ncc2c(n1)CN(C(=O)N[C@H](C[C@H]1CCCCN1)c1ccc(Cl)c(F)c1)CC2. The Balaban J connectivity index is 1.47. The van der Waals surface area contributed by atoms with E-state index in [2.05, 4.69) is 20.6 Å². The van der Waals surface area contributed by atoms with Gasteiger partial charge >= 0.3 is 6.03 Å².